The molecule has 28 heavy (non-hydrogen) atoms. The van der Waals surface area contributed by atoms with Crippen LogP contribution in [-0.2, 0) is 13.0 Å². The van der Waals surface area contributed by atoms with Crippen molar-refractivity contribution < 1.29 is 18.5 Å². The number of hydrogen-bond acceptors (Lipinski definition) is 5. The number of aromatic nitrogens is 2. The van der Waals surface area contributed by atoms with Gasteiger partial charge in [-0.25, -0.2) is 8.78 Å². The zero-order chi connectivity index (χ0) is 20.4. The molecule has 0 aliphatic rings. The fraction of sp³-hybridized carbons (Fsp3) is 0.222. The second-order valence-corrected chi connectivity index (χ2v) is 6.88. The summed E-state index contributed by atoms with van der Waals surface area (Å²) in [5.74, 6) is -2.70. The van der Waals surface area contributed by atoms with Gasteiger partial charge < -0.3 is 5.32 Å². The number of aryl methyl sites for hydroxylation is 2. The van der Waals surface area contributed by atoms with Crippen LogP contribution in [0.3, 0.4) is 0 Å². The van der Waals surface area contributed by atoms with Gasteiger partial charge in [-0.05, 0) is 31.5 Å². The van der Waals surface area contributed by atoms with E-state index in [1.54, 1.807) is 10.7 Å². The summed E-state index contributed by atoms with van der Waals surface area (Å²) in [5, 5.41) is 18.0. The lowest BCUT2D eigenvalue weighted by Crippen LogP contribution is -2.12. The Morgan fingerprint density at radius 2 is 1.96 bits per heavy atom. The first-order valence-electron chi connectivity index (χ1n) is 8.46. The zero-order valence-electron chi connectivity index (χ0n) is 15.0. The van der Waals surface area contributed by atoms with Gasteiger partial charge in [0.2, 0.25) is 0 Å². The van der Waals surface area contributed by atoms with Gasteiger partial charge in [-0.15, -0.1) is 11.3 Å². The summed E-state index contributed by atoms with van der Waals surface area (Å²) < 4.78 is 29.2. The Labute approximate surface area is 162 Å². The van der Waals surface area contributed by atoms with E-state index in [0.717, 1.165) is 35.2 Å². The van der Waals surface area contributed by atoms with Crippen LogP contribution in [-0.4, -0.2) is 20.6 Å². The van der Waals surface area contributed by atoms with Gasteiger partial charge in [-0.1, -0.05) is 13.0 Å². The maximum absolute atomic E-state index is 13.8. The molecule has 0 aliphatic heterocycles. The lowest BCUT2D eigenvalue weighted by molar-refractivity contribution is -0.383. The predicted molar refractivity (Wildman–Crippen MR) is 102 cm³/mol. The van der Waals surface area contributed by atoms with Crippen LogP contribution in [0.1, 0.15) is 29.2 Å². The van der Waals surface area contributed by atoms with E-state index in [1.807, 2.05) is 13.8 Å². The van der Waals surface area contributed by atoms with E-state index < -0.39 is 28.2 Å². The number of nitrogens with one attached hydrogen (secondary N) is 1. The first kappa shape index (κ1) is 19.6. The van der Waals surface area contributed by atoms with Crippen molar-refractivity contribution in [3.63, 3.8) is 0 Å². The minimum atomic E-state index is -0.934. The smallest absolute Gasteiger partial charge is 0.290 e. The van der Waals surface area contributed by atoms with Crippen molar-refractivity contribution in [2.45, 2.75) is 26.8 Å². The summed E-state index contributed by atoms with van der Waals surface area (Å²) in [6.45, 7) is 4.26. The number of para-hydroxylation sites is 1. The van der Waals surface area contributed by atoms with Crippen LogP contribution in [0.4, 0.5) is 20.2 Å². The van der Waals surface area contributed by atoms with E-state index in [4.69, 9.17) is 0 Å². The van der Waals surface area contributed by atoms with Crippen molar-refractivity contribution in [1.82, 2.24) is 9.78 Å². The number of nitro groups is 1. The third kappa shape index (κ3) is 3.63. The van der Waals surface area contributed by atoms with Crippen LogP contribution in [0, 0.1) is 21.7 Å². The van der Waals surface area contributed by atoms with Gasteiger partial charge in [-0.2, -0.15) is 5.10 Å². The Bertz CT molecular complexity index is 1040. The van der Waals surface area contributed by atoms with Crippen molar-refractivity contribution in [2.75, 3.05) is 5.32 Å². The van der Waals surface area contributed by atoms with Gasteiger partial charge in [0.15, 0.2) is 0 Å². The molecular weight excluding hydrogens is 390 g/mol. The number of rotatable bonds is 6. The molecule has 0 bridgehead atoms. The van der Waals surface area contributed by atoms with E-state index in [0.29, 0.717) is 18.7 Å². The number of nitrogens with zero attached hydrogens (tertiary/aromatic N) is 3. The molecule has 0 saturated carbocycles. The van der Waals surface area contributed by atoms with Crippen LogP contribution in [0.25, 0.3) is 10.6 Å². The predicted octanol–water partition coefficient (Wildman–Crippen LogP) is 4.63. The second kappa shape index (κ2) is 7.85. The molecule has 0 aliphatic carbocycles. The van der Waals surface area contributed by atoms with Crippen molar-refractivity contribution >= 4 is 28.6 Å². The Morgan fingerprint density at radius 3 is 2.54 bits per heavy atom. The van der Waals surface area contributed by atoms with E-state index in [1.165, 1.54) is 6.07 Å². The monoisotopic (exact) mass is 406 g/mol. The third-order valence-electron chi connectivity index (χ3n) is 4.06. The molecule has 0 radical (unpaired) electrons. The summed E-state index contributed by atoms with van der Waals surface area (Å²) in [6.07, 6.45) is 0.652. The molecule has 1 amide bonds. The molecule has 7 nitrogen and oxygen atoms in total. The summed E-state index contributed by atoms with van der Waals surface area (Å²) in [6, 6.07) is 6.03. The molecular formula is C18H16F2N4O3S. The van der Waals surface area contributed by atoms with Crippen LogP contribution >= 0.6 is 11.3 Å². The quantitative estimate of drug-likeness (QED) is 0.477. The van der Waals surface area contributed by atoms with Crippen molar-refractivity contribution in [2.24, 2.45) is 0 Å². The van der Waals surface area contributed by atoms with Crippen LogP contribution in [0.2, 0.25) is 0 Å². The molecule has 0 saturated heterocycles. The molecule has 0 atom stereocenters. The number of anilines is 1. The topological polar surface area (TPSA) is 90.1 Å². The zero-order valence-corrected chi connectivity index (χ0v) is 15.8. The number of hydrogen-bond donors (Lipinski definition) is 1. The van der Waals surface area contributed by atoms with Gasteiger partial charge in [0.1, 0.15) is 22.2 Å². The largest absolute Gasteiger partial charge is 0.316 e. The SMILES string of the molecule is CCc1cc(-c2sc(C(=O)Nc3c(F)cccc3F)cc2[N+](=O)[O-])n(CC)n1. The van der Waals surface area contributed by atoms with Gasteiger partial charge >= 0.3 is 0 Å². The minimum Gasteiger partial charge on any atom is -0.316 e. The molecule has 3 rings (SSSR count). The first-order chi connectivity index (χ1) is 13.3. The number of carbonyl (C=O) groups excluding carboxylic acids is 1. The van der Waals surface area contributed by atoms with Crippen LogP contribution in [0.15, 0.2) is 30.3 Å². The molecule has 0 fully saturated rings. The second-order valence-electron chi connectivity index (χ2n) is 5.82. The number of thiophene rings is 1. The highest BCUT2D eigenvalue weighted by atomic mass is 32.1. The third-order valence-corrected chi connectivity index (χ3v) is 5.20. The summed E-state index contributed by atoms with van der Waals surface area (Å²) in [4.78, 5) is 23.6. The van der Waals surface area contributed by atoms with Gasteiger partial charge in [-0.3, -0.25) is 19.6 Å². The molecule has 1 N–H and O–H groups in total. The molecule has 2 aromatic heterocycles. The van der Waals surface area contributed by atoms with E-state index >= 15 is 0 Å². The summed E-state index contributed by atoms with van der Waals surface area (Å²) in [7, 11) is 0. The normalized spacial score (nSPS) is 10.9. The highest BCUT2D eigenvalue weighted by Crippen LogP contribution is 2.39. The summed E-state index contributed by atoms with van der Waals surface area (Å²) in [5.41, 5.74) is 0.421. The van der Waals surface area contributed by atoms with Crippen molar-refractivity contribution in [3.8, 4) is 10.6 Å². The number of halogens is 2. The first-order valence-corrected chi connectivity index (χ1v) is 9.28. The fourth-order valence-electron chi connectivity index (χ4n) is 2.67. The summed E-state index contributed by atoms with van der Waals surface area (Å²) >= 11 is 0.874. The van der Waals surface area contributed by atoms with Gasteiger partial charge in [0.25, 0.3) is 11.6 Å². The van der Waals surface area contributed by atoms with Gasteiger partial charge in [0.05, 0.1) is 21.2 Å². The molecule has 10 heteroatoms. The standard InChI is InChI=1S/C18H16F2N4O3S/c1-3-10-8-13(23(4-2)22-10)17-14(24(26)27)9-15(28-17)18(25)21-16-11(19)6-5-7-12(16)20/h5-9H,3-4H2,1-2H3,(H,21,25). The van der Waals surface area contributed by atoms with Crippen molar-refractivity contribution in [1.29, 1.82) is 0 Å². The molecule has 2 heterocycles. The maximum Gasteiger partial charge on any atom is 0.290 e. The fourth-order valence-corrected chi connectivity index (χ4v) is 3.71. The van der Waals surface area contributed by atoms with E-state index in [-0.39, 0.29) is 15.4 Å². The molecule has 1 aromatic carbocycles. The number of benzene rings is 1. The van der Waals surface area contributed by atoms with Crippen LogP contribution < -0.4 is 5.32 Å². The Balaban J connectivity index is 2.03. The van der Waals surface area contributed by atoms with Crippen molar-refractivity contribution in [3.05, 3.63) is 62.7 Å². The number of amides is 1. The average molecular weight is 406 g/mol. The highest BCUT2D eigenvalue weighted by Gasteiger charge is 2.27. The number of carbonyl (C=O) groups is 1. The molecule has 146 valence electrons. The Hall–Kier alpha value is -3.14. The maximum atomic E-state index is 13.8. The minimum absolute atomic E-state index is 0.0359. The Kier molecular flexibility index (Phi) is 5.50. The highest BCUT2D eigenvalue weighted by molar-refractivity contribution is 7.18. The van der Waals surface area contributed by atoms with Gasteiger partial charge in [0, 0.05) is 12.6 Å². The lowest BCUT2D eigenvalue weighted by atomic mass is 10.2. The molecule has 3 aromatic rings. The van der Waals surface area contributed by atoms with Crippen LogP contribution in [0.5, 0.6) is 0 Å². The van der Waals surface area contributed by atoms with E-state index in [2.05, 4.69) is 10.4 Å². The molecule has 0 spiro atoms. The average Bonchev–Trinajstić information content (AvgIpc) is 3.28. The van der Waals surface area contributed by atoms with E-state index in [9.17, 15) is 23.7 Å². The molecule has 0 unspecified atom stereocenters. The Morgan fingerprint density at radius 1 is 1.29 bits per heavy atom. The lowest BCUT2D eigenvalue weighted by Gasteiger charge is -2.05.